The number of para-hydroxylation sites is 2. The molecule has 8 nitrogen and oxygen atoms in total. The quantitative estimate of drug-likeness (QED) is 0.740. The molecule has 2 aromatic rings. The van der Waals surface area contributed by atoms with Gasteiger partial charge in [0.1, 0.15) is 12.4 Å². The number of hydrogen-bond acceptors (Lipinski definition) is 4. The van der Waals surface area contributed by atoms with Crippen LogP contribution < -0.4 is 10.2 Å². The van der Waals surface area contributed by atoms with Crippen LogP contribution in [0.25, 0.3) is 0 Å². The molecule has 2 heterocycles. The van der Waals surface area contributed by atoms with E-state index in [9.17, 15) is 23.6 Å². The molecule has 1 N–H and O–H groups in total. The first-order valence-corrected chi connectivity index (χ1v) is 10.9. The van der Waals surface area contributed by atoms with Gasteiger partial charge in [0.25, 0.3) is 5.91 Å². The summed E-state index contributed by atoms with van der Waals surface area (Å²) >= 11 is 5.99. The number of rotatable bonds is 4. The fourth-order valence-corrected chi connectivity index (χ4v) is 4.20. The first-order valence-electron chi connectivity index (χ1n) is 10.5. The molecular formula is C23H22ClFN4O4. The van der Waals surface area contributed by atoms with Gasteiger partial charge in [0.15, 0.2) is 0 Å². The number of nitrogens with zero attached hydrogens (tertiary/aromatic N) is 3. The van der Waals surface area contributed by atoms with E-state index >= 15 is 0 Å². The second-order valence-corrected chi connectivity index (χ2v) is 8.25. The number of nitrogens with one attached hydrogen (secondary N) is 1. The summed E-state index contributed by atoms with van der Waals surface area (Å²) < 4.78 is 13.2. The average Bonchev–Trinajstić information content (AvgIpc) is 2.81. The van der Waals surface area contributed by atoms with E-state index in [4.69, 9.17) is 11.6 Å². The highest BCUT2D eigenvalue weighted by atomic mass is 35.5. The minimum absolute atomic E-state index is 0.0108. The fourth-order valence-electron chi connectivity index (χ4n) is 3.95. The summed E-state index contributed by atoms with van der Waals surface area (Å²) in [4.78, 5) is 54.5. The van der Waals surface area contributed by atoms with Crippen LogP contribution in [0.5, 0.6) is 0 Å². The van der Waals surface area contributed by atoms with Crippen LogP contribution in [-0.2, 0) is 14.4 Å². The van der Waals surface area contributed by atoms with E-state index in [2.05, 4.69) is 5.32 Å². The summed E-state index contributed by atoms with van der Waals surface area (Å²) in [5.41, 5.74) is 1.39. The van der Waals surface area contributed by atoms with Crippen LogP contribution in [0.15, 0.2) is 42.5 Å². The van der Waals surface area contributed by atoms with E-state index in [1.165, 1.54) is 17.0 Å². The van der Waals surface area contributed by atoms with Gasteiger partial charge in [-0.15, -0.1) is 0 Å². The van der Waals surface area contributed by atoms with Gasteiger partial charge in [0.2, 0.25) is 17.7 Å². The van der Waals surface area contributed by atoms with Crippen LogP contribution in [0.1, 0.15) is 23.2 Å². The maximum absolute atomic E-state index is 13.2. The van der Waals surface area contributed by atoms with Crippen LogP contribution in [0, 0.1) is 5.82 Å². The first kappa shape index (κ1) is 22.7. The number of carbonyl (C=O) groups is 4. The lowest BCUT2D eigenvalue weighted by molar-refractivity contribution is -0.134. The largest absolute Gasteiger partial charge is 0.339 e. The highest BCUT2D eigenvalue weighted by Gasteiger charge is 2.29. The molecule has 1 saturated heterocycles. The van der Waals surface area contributed by atoms with Crippen molar-refractivity contribution in [1.82, 2.24) is 9.80 Å². The van der Waals surface area contributed by atoms with Crippen LogP contribution in [0.2, 0.25) is 5.02 Å². The molecule has 0 atom stereocenters. The molecule has 2 aliphatic heterocycles. The number of benzene rings is 2. The van der Waals surface area contributed by atoms with Crippen molar-refractivity contribution in [3.8, 4) is 0 Å². The first-order chi connectivity index (χ1) is 15.8. The average molecular weight is 473 g/mol. The van der Waals surface area contributed by atoms with Crippen molar-refractivity contribution in [3.05, 3.63) is 58.9 Å². The van der Waals surface area contributed by atoms with Gasteiger partial charge in [-0.05, 0) is 30.3 Å². The van der Waals surface area contributed by atoms with Crippen LogP contribution in [0.3, 0.4) is 0 Å². The lowest BCUT2D eigenvalue weighted by atomic mass is 10.1. The second-order valence-electron chi connectivity index (χ2n) is 7.84. The maximum Gasteiger partial charge on any atom is 0.255 e. The summed E-state index contributed by atoms with van der Waals surface area (Å²) in [6.07, 6.45) is -0.0123. The molecule has 2 aromatic carbocycles. The SMILES string of the molecule is O=C1CN(C(=O)CCC(=O)N2CCN(C(=O)c3ccc(F)cc3Cl)CC2)c2ccccc2N1. The fraction of sp³-hybridized carbons (Fsp3) is 0.304. The Labute approximate surface area is 194 Å². The summed E-state index contributed by atoms with van der Waals surface area (Å²) in [6.45, 7) is 1.19. The Hall–Kier alpha value is -3.46. The molecule has 4 amide bonds. The van der Waals surface area contributed by atoms with Gasteiger partial charge in [-0.3, -0.25) is 19.2 Å². The van der Waals surface area contributed by atoms with E-state index in [1.807, 2.05) is 0 Å². The molecule has 4 rings (SSSR count). The third kappa shape index (κ3) is 4.98. The zero-order valence-corrected chi connectivity index (χ0v) is 18.5. The molecule has 0 aromatic heterocycles. The van der Waals surface area contributed by atoms with Gasteiger partial charge in [-0.25, -0.2) is 4.39 Å². The summed E-state index contributed by atoms with van der Waals surface area (Å²) in [5, 5.41) is 2.77. The predicted octanol–water partition coefficient (Wildman–Crippen LogP) is 2.53. The Balaban J connectivity index is 1.30. The Bertz CT molecular complexity index is 1120. The third-order valence-electron chi connectivity index (χ3n) is 5.71. The van der Waals surface area contributed by atoms with E-state index in [0.29, 0.717) is 37.6 Å². The van der Waals surface area contributed by atoms with Crippen molar-refractivity contribution < 1.29 is 23.6 Å². The Morgan fingerprint density at radius 3 is 2.33 bits per heavy atom. The smallest absolute Gasteiger partial charge is 0.255 e. The van der Waals surface area contributed by atoms with Crippen molar-refractivity contribution in [3.63, 3.8) is 0 Å². The van der Waals surface area contributed by atoms with Gasteiger partial charge in [0, 0.05) is 39.0 Å². The molecule has 0 radical (unpaired) electrons. The molecule has 10 heteroatoms. The molecule has 0 spiro atoms. The molecule has 1 fully saturated rings. The number of anilines is 2. The van der Waals surface area contributed by atoms with E-state index in [1.54, 1.807) is 34.1 Å². The van der Waals surface area contributed by atoms with Crippen LogP contribution in [0.4, 0.5) is 15.8 Å². The lowest BCUT2D eigenvalue weighted by Gasteiger charge is -2.35. The molecule has 0 aliphatic carbocycles. The molecule has 0 saturated carbocycles. The lowest BCUT2D eigenvalue weighted by Crippen LogP contribution is -2.50. The number of carbonyl (C=O) groups excluding carboxylic acids is 4. The zero-order valence-electron chi connectivity index (χ0n) is 17.7. The minimum atomic E-state index is -0.518. The highest BCUT2D eigenvalue weighted by Crippen LogP contribution is 2.29. The predicted molar refractivity (Wildman–Crippen MR) is 121 cm³/mol. The Kier molecular flexibility index (Phi) is 6.60. The second kappa shape index (κ2) is 9.58. The summed E-state index contributed by atoms with van der Waals surface area (Å²) in [5.74, 6) is -1.61. The van der Waals surface area contributed by atoms with Gasteiger partial charge in [-0.1, -0.05) is 23.7 Å². The molecular weight excluding hydrogens is 451 g/mol. The Morgan fingerprint density at radius 1 is 0.939 bits per heavy atom. The molecule has 33 heavy (non-hydrogen) atoms. The van der Waals surface area contributed by atoms with Crippen molar-refractivity contribution in [2.45, 2.75) is 12.8 Å². The molecule has 0 unspecified atom stereocenters. The van der Waals surface area contributed by atoms with Gasteiger partial charge in [0.05, 0.1) is 22.0 Å². The summed E-state index contributed by atoms with van der Waals surface area (Å²) in [7, 11) is 0. The van der Waals surface area contributed by atoms with Crippen LogP contribution >= 0.6 is 11.6 Å². The van der Waals surface area contributed by atoms with Crippen molar-refractivity contribution >= 4 is 46.6 Å². The van der Waals surface area contributed by atoms with E-state index < -0.39 is 5.82 Å². The number of halogens is 2. The van der Waals surface area contributed by atoms with Gasteiger partial charge in [-0.2, -0.15) is 0 Å². The number of hydrogen-bond donors (Lipinski definition) is 1. The van der Waals surface area contributed by atoms with Gasteiger partial charge >= 0.3 is 0 Å². The third-order valence-corrected chi connectivity index (χ3v) is 6.02. The normalized spacial score (nSPS) is 15.7. The number of fused-ring (bicyclic) bond motifs is 1. The number of piperazine rings is 1. The Morgan fingerprint density at radius 2 is 1.61 bits per heavy atom. The zero-order chi connectivity index (χ0) is 23.5. The monoisotopic (exact) mass is 472 g/mol. The molecule has 172 valence electrons. The molecule has 2 aliphatic rings. The number of amides is 4. The van der Waals surface area contributed by atoms with Crippen molar-refractivity contribution in [1.29, 1.82) is 0 Å². The topological polar surface area (TPSA) is 90.0 Å². The van der Waals surface area contributed by atoms with E-state index in [-0.39, 0.29) is 53.6 Å². The molecule has 0 bridgehead atoms. The van der Waals surface area contributed by atoms with E-state index in [0.717, 1.165) is 6.07 Å². The van der Waals surface area contributed by atoms with Gasteiger partial charge < -0.3 is 20.0 Å². The standard InChI is InChI=1S/C23H22ClFN4O4/c24-17-13-15(25)5-6-16(17)23(33)28-11-9-27(10-12-28)21(31)7-8-22(32)29-14-20(30)26-18-3-1-2-4-19(18)29/h1-6,13H,7-12,14H2,(H,26,30). The highest BCUT2D eigenvalue weighted by molar-refractivity contribution is 6.33. The maximum atomic E-state index is 13.2. The van der Waals surface area contributed by atoms with Crippen molar-refractivity contribution in [2.24, 2.45) is 0 Å². The summed E-state index contributed by atoms with van der Waals surface area (Å²) in [6, 6.07) is 10.6. The van der Waals surface area contributed by atoms with Crippen LogP contribution in [-0.4, -0.2) is 66.2 Å². The van der Waals surface area contributed by atoms with Crippen molar-refractivity contribution in [2.75, 3.05) is 42.9 Å². The minimum Gasteiger partial charge on any atom is -0.339 e.